The number of fused-ring (bicyclic) bond motifs is 2. The summed E-state index contributed by atoms with van der Waals surface area (Å²) in [5.41, 5.74) is 6.08. The fourth-order valence-corrected chi connectivity index (χ4v) is 6.54. The van der Waals surface area contributed by atoms with E-state index in [4.69, 9.17) is 4.74 Å². The highest BCUT2D eigenvalue weighted by molar-refractivity contribution is 5.85. The molecule has 3 aliphatic heterocycles. The number of esters is 1. The lowest BCUT2D eigenvalue weighted by molar-refractivity contribution is -0.145. The van der Waals surface area contributed by atoms with Crippen LogP contribution >= 0.6 is 0 Å². The van der Waals surface area contributed by atoms with E-state index in [2.05, 4.69) is 16.2 Å². The van der Waals surface area contributed by atoms with E-state index in [0.29, 0.717) is 18.5 Å². The van der Waals surface area contributed by atoms with Crippen LogP contribution in [0.3, 0.4) is 0 Å². The Balaban J connectivity index is 1.22. The first-order valence-corrected chi connectivity index (χ1v) is 12.3. The van der Waals surface area contributed by atoms with Crippen molar-refractivity contribution in [1.82, 2.24) is 26.0 Å². The van der Waals surface area contributed by atoms with Crippen molar-refractivity contribution in [3.05, 3.63) is 0 Å². The molecule has 5 fully saturated rings. The number of rotatable bonds is 5. The van der Waals surface area contributed by atoms with Crippen LogP contribution in [0.4, 0.5) is 0 Å². The molecule has 0 aromatic carbocycles. The Bertz CT molecular complexity index is 757. The molecule has 3 saturated heterocycles. The van der Waals surface area contributed by atoms with Gasteiger partial charge in [0.1, 0.15) is 6.04 Å². The first-order valence-electron chi connectivity index (χ1n) is 12.3. The van der Waals surface area contributed by atoms with Crippen molar-refractivity contribution in [3.8, 4) is 0 Å². The molecule has 0 aromatic heterocycles. The zero-order valence-corrected chi connectivity index (χ0v) is 19.3. The van der Waals surface area contributed by atoms with E-state index in [1.165, 1.54) is 32.8 Å². The summed E-state index contributed by atoms with van der Waals surface area (Å²) in [6.45, 7) is 1.32. The Labute approximate surface area is 189 Å². The average molecular weight is 448 g/mol. The molecule has 5 rings (SSSR count). The molecule has 32 heavy (non-hydrogen) atoms. The molecule has 0 bridgehead atoms. The minimum atomic E-state index is -0.418. The van der Waals surface area contributed by atoms with Crippen molar-refractivity contribution in [3.63, 3.8) is 0 Å². The van der Waals surface area contributed by atoms with Crippen molar-refractivity contribution in [2.24, 2.45) is 11.8 Å². The number of nitrogens with zero attached hydrogens (tertiary/aromatic N) is 2. The minimum Gasteiger partial charge on any atom is -0.469 e. The average Bonchev–Trinajstić information content (AvgIpc) is 3.27. The number of nitrogens with one attached hydrogen (secondary N) is 3. The number of methoxy groups -OCH3 is 1. The van der Waals surface area contributed by atoms with Crippen molar-refractivity contribution in [1.29, 1.82) is 0 Å². The van der Waals surface area contributed by atoms with Gasteiger partial charge in [-0.3, -0.25) is 19.8 Å². The van der Waals surface area contributed by atoms with Crippen LogP contribution in [0.25, 0.3) is 0 Å². The number of hydrogen-bond acceptors (Lipinski definition) is 7. The highest BCUT2D eigenvalue weighted by Gasteiger charge is 2.54. The maximum Gasteiger partial charge on any atom is 0.307 e. The Kier molecular flexibility index (Phi) is 5.92. The second-order valence-electron chi connectivity index (χ2n) is 10.6. The van der Waals surface area contributed by atoms with Crippen LogP contribution < -0.4 is 16.2 Å². The highest BCUT2D eigenvalue weighted by atomic mass is 16.5. The number of ether oxygens (including phenoxy) is 1. The monoisotopic (exact) mass is 447 g/mol. The molecule has 3 heterocycles. The normalized spacial score (nSPS) is 37.4. The quantitative estimate of drug-likeness (QED) is 0.516. The lowest BCUT2D eigenvalue weighted by atomic mass is 9.84. The molecule has 0 aromatic rings. The third-order valence-corrected chi connectivity index (χ3v) is 8.82. The number of piperidine rings is 1. The molecular formula is C23H37N5O4. The Morgan fingerprint density at radius 2 is 1.88 bits per heavy atom. The van der Waals surface area contributed by atoms with Crippen LogP contribution in [-0.4, -0.2) is 84.5 Å². The lowest BCUT2D eigenvalue weighted by Crippen LogP contribution is -2.56. The van der Waals surface area contributed by atoms with Crippen molar-refractivity contribution < 1.29 is 19.1 Å². The largest absolute Gasteiger partial charge is 0.469 e. The van der Waals surface area contributed by atoms with E-state index in [-0.39, 0.29) is 42.2 Å². The molecular weight excluding hydrogens is 410 g/mol. The zero-order chi connectivity index (χ0) is 22.5. The summed E-state index contributed by atoms with van der Waals surface area (Å²) in [6.07, 6.45) is 8.62. The molecule has 178 valence electrons. The van der Waals surface area contributed by atoms with Gasteiger partial charge in [0.2, 0.25) is 11.8 Å². The Morgan fingerprint density at radius 1 is 1.09 bits per heavy atom. The van der Waals surface area contributed by atoms with Crippen LogP contribution in [0.15, 0.2) is 0 Å². The standard InChI is InChI=1S/C23H37N5O4/c1-27(23(8-9-23)12-19(29)32-2)22(31)20-15-13-28(10-7-17(15)25-26-20)21(30)18-11-14-5-3-4-6-16(14)24-18/h14-18,20,24-26H,3-13H2,1-2H3. The molecule has 6 atom stereocenters. The summed E-state index contributed by atoms with van der Waals surface area (Å²) in [4.78, 5) is 42.3. The van der Waals surface area contributed by atoms with Crippen molar-refractivity contribution in [2.45, 2.75) is 87.5 Å². The van der Waals surface area contributed by atoms with Crippen molar-refractivity contribution >= 4 is 17.8 Å². The molecule has 3 N–H and O–H groups in total. The number of hydrazine groups is 1. The van der Waals surface area contributed by atoms with E-state index in [1.54, 1.807) is 11.9 Å². The second kappa shape index (κ2) is 8.57. The van der Waals surface area contributed by atoms with E-state index < -0.39 is 11.6 Å². The smallest absolute Gasteiger partial charge is 0.307 e. The molecule has 2 aliphatic carbocycles. The van der Waals surface area contributed by atoms with Gasteiger partial charge in [0.15, 0.2) is 0 Å². The molecule has 9 heteroatoms. The lowest BCUT2D eigenvalue weighted by Gasteiger charge is -2.38. The molecule has 0 radical (unpaired) electrons. The molecule has 9 nitrogen and oxygen atoms in total. The van der Waals surface area contributed by atoms with Gasteiger partial charge in [0.05, 0.1) is 25.1 Å². The summed E-state index contributed by atoms with van der Waals surface area (Å²) in [5.74, 6) is 0.578. The summed E-state index contributed by atoms with van der Waals surface area (Å²) in [6, 6.07) is 0.206. The van der Waals surface area contributed by atoms with E-state index in [9.17, 15) is 14.4 Å². The summed E-state index contributed by atoms with van der Waals surface area (Å²) in [5, 5.41) is 3.61. The SMILES string of the molecule is COC(=O)CC1(N(C)C(=O)C2NNC3CCN(C(=O)C4CC5CCCCC5N4)CC32)CC1. The van der Waals surface area contributed by atoms with Crippen LogP contribution in [0.2, 0.25) is 0 Å². The number of carbonyl (C=O) groups is 3. The van der Waals surface area contributed by atoms with Gasteiger partial charge in [-0.25, -0.2) is 5.43 Å². The van der Waals surface area contributed by atoms with Gasteiger partial charge in [0, 0.05) is 38.1 Å². The first-order chi connectivity index (χ1) is 15.4. The van der Waals surface area contributed by atoms with Gasteiger partial charge in [-0.05, 0) is 44.4 Å². The van der Waals surface area contributed by atoms with Crippen LogP contribution in [0.5, 0.6) is 0 Å². The van der Waals surface area contributed by atoms with Gasteiger partial charge < -0.3 is 19.9 Å². The number of likely N-dealkylation sites (tertiary alicyclic amines) is 1. The number of likely N-dealkylation sites (N-methyl/N-ethyl adjacent to an activating group) is 1. The number of carbonyl (C=O) groups excluding carboxylic acids is 3. The topological polar surface area (TPSA) is 103 Å². The summed E-state index contributed by atoms with van der Waals surface area (Å²) < 4.78 is 4.84. The maximum atomic E-state index is 13.4. The predicted octanol–water partition coefficient (Wildman–Crippen LogP) is 0.155. The minimum absolute atomic E-state index is 0.00860. The maximum absolute atomic E-state index is 13.4. The molecule has 5 aliphatic rings. The molecule has 2 saturated carbocycles. The third-order valence-electron chi connectivity index (χ3n) is 8.82. The molecule has 2 amide bonds. The van der Waals surface area contributed by atoms with Crippen LogP contribution in [0, 0.1) is 11.8 Å². The zero-order valence-electron chi connectivity index (χ0n) is 19.3. The predicted molar refractivity (Wildman–Crippen MR) is 117 cm³/mol. The van der Waals surface area contributed by atoms with Crippen LogP contribution in [0.1, 0.15) is 57.8 Å². The van der Waals surface area contributed by atoms with Crippen molar-refractivity contribution in [2.75, 3.05) is 27.2 Å². The van der Waals surface area contributed by atoms with E-state index >= 15 is 0 Å². The Morgan fingerprint density at radius 3 is 2.59 bits per heavy atom. The fourth-order valence-electron chi connectivity index (χ4n) is 6.54. The Hall–Kier alpha value is -1.71. The molecule has 6 unspecified atom stereocenters. The van der Waals surface area contributed by atoms with Gasteiger partial charge >= 0.3 is 5.97 Å². The van der Waals surface area contributed by atoms with E-state index in [1.807, 2.05) is 4.90 Å². The van der Waals surface area contributed by atoms with Gasteiger partial charge in [-0.2, -0.15) is 0 Å². The van der Waals surface area contributed by atoms with Crippen LogP contribution in [-0.2, 0) is 19.1 Å². The third kappa shape index (κ3) is 3.92. The van der Waals surface area contributed by atoms with Gasteiger partial charge in [-0.15, -0.1) is 0 Å². The highest BCUT2D eigenvalue weighted by Crippen LogP contribution is 2.45. The number of hydrogen-bond donors (Lipinski definition) is 3. The summed E-state index contributed by atoms with van der Waals surface area (Å²) in [7, 11) is 3.18. The number of amides is 2. The first kappa shape index (κ1) is 22.1. The fraction of sp³-hybridized carbons (Fsp3) is 0.870. The van der Waals surface area contributed by atoms with E-state index in [0.717, 1.165) is 32.2 Å². The summed E-state index contributed by atoms with van der Waals surface area (Å²) >= 11 is 0. The van der Waals surface area contributed by atoms with Gasteiger partial charge in [0.25, 0.3) is 0 Å². The second-order valence-corrected chi connectivity index (χ2v) is 10.6. The van der Waals surface area contributed by atoms with Gasteiger partial charge in [-0.1, -0.05) is 12.8 Å². The molecule has 0 spiro atoms.